The summed E-state index contributed by atoms with van der Waals surface area (Å²) in [5, 5.41) is 0. The normalized spacial score (nSPS) is 21.4. The molecule has 2 saturated heterocycles. The van der Waals surface area contributed by atoms with Gasteiger partial charge in [0, 0.05) is 38.0 Å². The van der Waals surface area contributed by atoms with Crippen LogP contribution < -0.4 is 0 Å². The standard InChI is InChI=1S/C26H32N2O2/c1-2-7-23-10-6-17-27(23)26(30)18-24-15-16-25(29)28(24)19-20-11-13-22(14-12-20)21-8-4-3-5-9-21/h3-5,8-9,11-14,23-24H,2,6-7,10,15-19H2,1H3. The first-order chi connectivity index (χ1) is 14.7. The van der Waals surface area contributed by atoms with E-state index in [1.807, 2.05) is 23.1 Å². The molecule has 0 radical (unpaired) electrons. The minimum absolute atomic E-state index is 0.0293. The van der Waals surface area contributed by atoms with Crippen LogP contribution in [0.25, 0.3) is 11.1 Å². The predicted octanol–water partition coefficient (Wildman–Crippen LogP) is 5.03. The van der Waals surface area contributed by atoms with Crippen LogP contribution in [-0.2, 0) is 16.1 Å². The van der Waals surface area contributed by atoms with Gasteiger partial charge < -0.3 is 9.80 Å². The van der Waals surface area contributed by atoms with Crippen molar-refractivity contribution in [1.82, 2.24) is 9.80 Å². The summed E-state index contributed by atoms with van der Waals surface area (Å²) in [6.07, 6.45) is 6.25. The number of carbonyl (C=O) groups excluding carboxylic acids is 2. The Morgan fingerprint density at radius 1 is 0.967 bits per heavy atom. The second-order valence-corrected chi connectivity index (χ2v) is 8.65. The van der Waals surface area contributed by atoms with Crippen molar-refractivity contribution < 1.29 is 9.59 Å². The second kappa shape index (κ2) is 9.46. The van der Waals surface area contributed by atoms with Crippen molar-refractivity contribution in [2.75, 3.05) is 6.54 Å². The van der Waals surface area contributed by atoms with Gasteiger partial charge in [-0.25, -0.2) is 0 Å². The van der Waals surface area contributed by atoms with Gasteiger partial charge in [-0.1, -0.05) is 67.9 Å². The maximum Gasteiger partial charge on any atom is 0.224 e. The van der Waals surface area contributed by atoms with Gasteiger partial charge in [-0.3, -0.25) is 9.59 Å². The minimum Gasteiger partial charge on any atom is -0.340 e. The lowest BCUT2D eigenvalue weighted by Crippen LogP contribution is -2.41. The molecule has 0 saturated carbocycles. The van der Waals surface area contributed by atoms with Gasteiger partial charge in [0.2, 0.25) is 11.8 Å². The van der Waals surface area contributed by atoms with Crippen LogP contribution in [-0.4, -0.2) is 40.2 Å². The smallest absolute Gasteiger partial charge is 0.224 e. The van der Waals surface area contributed by atoms with E-state index < -0.39 is 0 Å². The van der Waals surface area contributed by atoms with Gasteiger partial charge in [0.15, 0.2) is 0 Å². The number of amides is 2. The molecule has 30 heavy (non-hydrogen) atoms. The van der Waals surface area contributed by atoms with Crippen molar-refractivity contribution in [3.8, 4) is 11.1 Å². The number of likely N-dealkylation sites (tertiary alicyclic amines) is 2. The molecule has 2 aromatic carbocycles. The highest BCUT2D eigenvalue weighted by molar-refractivity contribution is 5.82. The van der Waals surface area contributed by atoms with Gasteiger partial charge in [-0.2, -0.15) is 0 Å². The number of nitrogens with zero attached hydrogens (tertiary/aromatic N) is 2. The zero-order valence-electron chi connectivity index (χ0n) is 17.9. The Kier molecular flexibility index (Phi) is 6.51. The molecule has 2 amide bonds. The van der Waals surface area contributed by atoms with Gasteiger partial charge >= 0.3 is 0 Å². The van der Waals surface area contributed by atoms with Gasteiger partial charge in [-0.15, -0.1) is 0 Å². The zero-order valence-corrected chi connectivity index (χ0v) is 17.9. The lowest BCUT2D eigenvalue weighted by atomic mass is 10.0. The molecule has 4 nitrogen and oxygen atoms in total. The van der Waals surface area contributed by atoms with Crippen LogP contribution in [0.4, 0.5) is 0 Å². The van der Waals surface area contributed by atoms with Crippen molar-refractivity contribution in [2.24, 2.45) is 0 Å². The van der Waals surface area contributed by atoms with Crippen LogP contribution >= 0.6 is 0 Å². The molecule has 2 aliphatic rings. The average molecular weight is 405 g/mol. The van der Waals surface area contributed by atoms with E-state index in [4.69, 9.17) is 0 Å². The van der Waals surface area contributed by atoms with E-state index in [-0.39, 0.29) is 17.9 Å². The van der Waals surface area contributed by atoms with Crippen LogP contribution in [0, 0.1) is 0 Å². The Hall–Kier alpha value is -2.62. The first-order valence-electron chi connectivity index (χ1n) is 11.4. The Morgan fingerprint density at radius 2 is 1.70 bits per heavy atom. The van der Waals surface area contributed by atoms with Crippen molar-refractivity contribution in [3.05, 3.63) is 60.2 Å². The van der Waals surface area contributed by atoms with Gasteiger partial charge in [-0.05, 0) is 42.4 Å². The first-order valence-corrected chi connectivity index (χ1v) is 11.4. The molecule has 0 bridgehead atoms. The third-order valence-electron chi connectivity index (χ3n) is 6.60. The van der Waals surface area contributed by atoms with Gasteiger partial charge in [0.05, 0.1) is 0 Å². The molecule has 2 aliphatic heterocycles. The number of rotatable bonds is 7. The molecule has 4 heteroatoms. The Morgan fingerprint density at radius 3 is 2.43 bits per heavy atom. The predicted molar refractivity (Wildman–Crippen MR) is 120 cm³/mol. The van der Waals surface area contributed by atoms with E-state index in [0.717, 1.165) is 44.2 Å². The summed E-state index contributed by atoms with van der Waals surface area (Å²) in [7, 11) is 0. The molecular weight excluding hydrogens is 372 g/mol. The highest BCUT2D eigenvalue weighted by Gasteiger charge is 2.35. The summed E-state index contributed by atoms with van der Waals surface area (Å²) >= 11 is 0. The molecule has 0 aromatic heterocycles. The molecule has 2 atom stereocenters. The lowest BCUT2D eigenvalue weighted by Gasteiger charge is -2.29. The van der Waals surface area contributed by atoms with Crippen LogP contribution in [0.2, 0.25) is 0 Å². The quantitative estimate of drug-likeness (QED) is 0.650. The molecular formula is C26H32N2O2. The van der Waals surface area contributed by atoms with Crippen molar-refractivity contribution >= 4 is 11.8 Å². The Labute approximate surface area is 179 Å². The molecule has 158 valence electrons. The number of hydrogen-bond acceptors (Lipinski definition) is 2. The largest absolute Gasteiger partial charge is 0.340 e. The molecule has 2 fully saturated rings. The molecule has 0 N–H and O–H groups in total. The monoisotopic (exact) mass is 404 g/mol. The summed E-state index contributed by atoms with van der Waals surface area (Å²) in [6, 6.07) is 19.2. The van der Waals surface area contributed by atoms with Crippen LogP contribution in [0.3, 0.4) is 0 Å². The third-order valence-corrected chi connectivity index (χ3v) is 6.60. The van der Waals surface area contributed by atoms with Crippen LogP contribution in [0.1, 0.15) is 57.4 Å². The third kappa shape index (κ3) is 4.58. The van der Waals surface area contributed by atoms with E-state index in [0.29, 0.717) is 25.4 Å². The molecule has 2 aromatic rings. The SMILES string of the molecule is CCCC1CCCN1C(=O)CC1CCC(=O)N1Cc1ccc(-c2ccccc2)cc1. The zero-order chi connectivity index (χ0) is 20.9. The fourth-order valence-corrected chi connectivity index (χ4v) is 4.97. The highest BCUT2D eigenvalue weighted by Crippen LogP contribution is 2.28. The van der Waals surface area contributed by atoms with E-state index in [1.165, 1.54) is 11.1 Å². The maximum atomic E-state index is 13.0. The van der Waals surface area contributed by atoms with Crippen LogP contribution in [0.15, 0.2) is 54.6 Å². The molecule has 0 spiro atoms. The Bertz CT molecular complexity index is 862. The minimum atomic E-state index is 0.0293. The van der Waals surface area contributed by atoms with Crippen molar-refractivity contribution in [1.29, 1.82) is 0 Å². The summed E-state index contributed by atoms with van der Waals surface area (Å²) in [5.74, 6) is 0.404. The fraction of sp³-hybridized carbons (Fsp3) is 0.462. The Balaban J connectivity index is 1.40. The fourth-order valence-electron chi connectivity index (χ4n) is 4.97. The molecule has 0 aliphatic carbocycles. The topological polar surface area (TPSA) is 40.6 Å². The van der Waals surface area contributed by atoms with E-state index in [1.54, 1.807) is 0 Å². The molecule has 2 unspecified atom stereocenters. The number of carbonyl (C=O) groups is 2. The summed E-state index contributed by atoms with van der Waals surface area (Å²) < 4.78 is 0. The second-order valence-electron chi connectivity index (χ2n) is 8.65. The molecule has 4 rings (SSSR count). The molecule has 2 heterocycles. The van der Waals surface area contributed by atoms with E-state index >= 15 is 0 Å². The van der Waals surface area contributed by atoms with Crippen LogP contribution in [0.5, 0.6) is 0 Å². The van der Waals surface area contributed by atoms with E-state index in [2.05, 4.69) is 48.2 Å². The number of hydrogen-bond donors (Lipinski definition) is 0. The average Bonchev–Trinajstić information content (AvgIpc) is 3.37. The lowest BCUT2D eigenvalue weighted by molar-refractivity contribution is -0.135. The summed E-state index contributed by atoms with van der Waals surface area (Å²) in [5.41, 5.74) is 3.49. The number of benzene rings is 2. The highest BCUT2D eigenvalue weighted by atomic mass is 16.2. The van der Waals surface area contributed by atoms with Crippen molar-refractivity contribution in [3.63, 3.8) is 0 Å². The van der Waals surface area contributed by atoms with Gasteiger partial charge in [0.1, 0.15) is 0 Å². The van der Waals surface area contributed by atoms with Gasteiger partial charge in [0.25, 0.3) is 0 Å². The maximum absolute atomic E-state index is 13.0. The summed E-state index contributed by atoms with van der Waals surface area (Å²) in [6.45, 7) is 3.65. The van der Waals surface area contributed by atoms with E-state index in [9.17, 15) is 9.59 Å². The summed E-state index contributed by atoms with van der Waals surface area (Å²) in [4.78, 5) is 29.5. The van der Waals surface area contributed by atoms with Crippen molar-refractivity contribution in [2.45, 2.75) is 70.5 Å². The first kappa shape index (κ1) is 20.6.